The van der Waals surface area contributed by atoms with E-state index >= 15 is 0 Å². The van der Waals surface area contributed by atoms with Crippen molar-refractivity contribution in [2.24, 2.45) is 5.73 Å². The smallest absolute Gasteiger partial charge is 0.0343 e. The first-order chi connectivity index (χ1) is 9.55. The fourth-order valence-electron chi connectivity index (χ4n) is 3.21. The quantitative estimate of drug-likeness (QED) is 0.889. The van der Waals surface area contributed by atoms with E-state index in [9.17, 15) is 0 Å². The van der Waals surface area contributed by atoms with E-state index in [-0.39, 0.29) is 5.54 Å². The summed E-state index contributed by atoms with van der Waals surface area (Å²) in [5, 5.41) is 0. The van der Waals surface area contributed by atoms with Crippen LogP contribution in [0.25, 0.3) is 0 Å². The Bertz CT molecular complexity index is 404. The van der Waals surface area contributed by atoms with Gasteiger partial charge in [0.1, 0.15) is 0 Å². The van der Waals surface area contributed by atoms with Gasteiger partial charge in [-0.2, -0.15) is 0 Å². The summed E-state index contributed by atoms with van der Waals surface area (Å²) in [5.41, 5.74) is 9.06. The van der Waals surface area contributed by atoms with Crippen LogP contribution in [0.2, 0.25) is 0 Å². The molecule has 1 unspecified atom stereocenters. The first-order valence-corrected chi connectivity index (χ1v) is 8.09. The van der Waals surface area contributed by atoms with Gasteiger partial charge in [-0.1, -0.05) is 44.5 Å². The summed E-state index contributed by atoms with van der Waals surface area (Å²) in [6.07, 6.45) is 5.08. The van der Waals surface area contributed by atoms with Crippen LogP contribution in [-0.4, -0.2) is 30.1 Å². The molecule has 0 spiro atoms. The summed E-state index contributed by atoms with van der Waals surface area (Å²) in [6, 6.07) is 9.11. The van der Waals surface area contributed by atoms with E-state index in [1.165, 1.54) is 43.5 Å². The molecule has 1 saturated heterocycles. The number of benzene rings is 1. The van der Waals surface area contributed by atoms with E-state index in [0.29, 0.717) is 5.92 Å². The van der Waals surface area contributed by atoms with E-state index in [0.717, 1.165) is 13.0 Å². The molecule has 0 aliphatic carbocycles. The van der Waals surface area contributed by atoms with Gasteiger partial charge in [-0.25, -0.2) is 0 Å². The third-order valence-corrected chi connectivity index (χ3v) is 4.79. The van der Waals surface area contributed by atoms with Crippen LogP contribution in [0.3, 0.4) is 0 Å². The Morgan fingerprint density at radius 1 is 1.10 bits per heavy atom. The number of hydrogen-bond donors (Lipinski definition) is 1. The van der Waals surface area contributed by atoms with Crippen LogP contribution in [0.5, 0.6) is 0 Å². The lowest BCUT2D eigenvalue weighted by Gasteiger charge is -2.43. The maximum atomic E-state index is 6.12. The Labute approximate surface area is 124 Å². The molecule has 0 radical (unpaired) electrons. The van der Waals surface area contributed by atoms with Crippen LogP contribution in [0, 0.1) is 0 Å². The molecule has 0 amide bonds. The van der Waals surface area contributed by atoms with Crippen LogP contribution in [0.15, 0.2) is 24.3 Å². The molecule has 1 aliphatic rings. The highest BCUT2D eigenvalue weighted by atomic mass is 15.2. The predicted octanol–water partition coefficient (Wildman–Crippen LogP) is 3.56. The number of piperidine rings is 1. The van der Waals surface area contributed by atoms with Gasteiger partial charge in [0, 0.05) is 12.1 Å². The number of nitrogens with two attached hydrogens (primary N) is 1. The van der Waals surface area contributed by atoms with Crippen molar-refractivity contribution in [1.82, 2.24) is 4.90 Å². The second-order valence-electron chi connectivity index (χ2n) is 6.82. The molecule has 20 heavy (non-hydrogen) atoms. The summed E-state index contributed by atoms with van der Waals surface area (Å²) >= 11 is 0. The summed E-state index contributed by atoms with van der Waals surface area (Å²) in [4.78, 5) is 2.60. The summed E-state index contributed by atoms with van der Waals surface area (Å²) in [6.45, 7) is 9.96. The van der Waals surface area contributed by atoms with E-state index in [4.69, 9.17) is 5.73 Å². The minimum absolute atomic E-state index is 0.111. The van der Waals surface area contributed by atoms with Gasteiger partial charge in [0.2, 0.25) is 0 Å². The van der Waals surface area contributed by atoms with E-state index in [2.05, 4.69) is 49.9 Å². The molecular weight excluding hydrogens is 244 g/mol. The van der Waals surface area contributed by atoms with Crippen molar-refractivity contribution in [3.8, 4) is 0 Å². The number of nitrogens with zero attached hydrogens (tertiary/aromatic N) is 1. The molecule has 0 bridgehead atoms. The number of rotatable bonds is 5. The van der Waals surface area contributed by atoms with E-state index in [1.807, 2.05) is 0 Å². The van der Waals surface area contributed by atoms with Crippen molar-refractivity contribution in [1.29, 1.82) is 0 Å². The van der Waals surface area contributed by atoms with Crippen LogP contribution >= 0.6 is 0 Å². The van der Waals surface area contributed by atoms with Crippen LogP contribution in [0.1, 0.15) is 57.1 Å². The van der Waals surface area contributed by atoms with Crippen molar-refractivity contribution in [2.75, 3.05) is 19.6 Å². The van der Waals surface area contributed by atoms with Gasteiger partial charge < -0.3 is 5.73 Å². The fourth-order valence-corrected chi connectivity index (χ4v) is 3.21. The first-order valence-electron chi connectivity index (χ1n) is 8.09. The second-order valence-corrected chi connectivity index (χ2v) is 6.82. The van der Waals surface area contributed by atoms with Crippen molar-refractivity contribution >= 4 is 0 Å². The molecule has 1 fully saturated rings. The molecule has 1 aliphatic heterocycles. The predicted molar refractivity (Wildman–Crippen MR) is 87.1 cm³/mol. The molecule has 0 aromatic heterocycles. The molecule has 112 valence electrons. The second kappa shape index (κ2) is 6.73. The minimum atomic E-state index is 0.111. The molecule has 1 aromatic rings. The Balaban J connectivity index is 2.08. The maximum absolute atomic E-state index is 6.12. The highest BCUT2D eigenvalue weighted by Gasteiger charge is 2.31. The summed E-state index contributed by atoms with van der Waals surface area (Å²) in [7, 11) is 0. The lowest BCUT2D eigenvalue weighted by Crippen LogP contribution is -2.54. The van der Waals surface area contributed by atoms with Crippen LogP contribution in [0.4, 0.5) is 0 Å². The first kappa shape index (κ1) is 15.5. The van der Waals surface area contributed by atoms with Crippen molar-refractivity contribution in [3.05, 3.63) is 35.4 Å². The van der Waals surface area contributed by atoms with Gasteiger partial charge in [-0.05, 0) is 56.3 Å². The average Bonchev–Trinajstić information content (AvgIpc) is 2.48. The highest BCUT2D eigenvalue weighted by Crippen LogP contribution is 2.25. The molecule has 1 atom stereocenters. The average molecular weight is 274 g/mol. The topological polar surface area (TPSA) is 29.3 Å². The highest BCUT2D eigenvalue weighted by molar-refractivity contribution is 5.26. The monoisotopic (exact) mass is 274 g/mol. The molecular formula is C18H30N2. The van der Waals surface area contributed by atoms with Crippen LogP contribution < -0.4 is 5.73 Å². The molecule has 2 heteroatoms. The Morgan fingerprint density at radius 3 is 2.20 bits per heavy atom. The third kappa shape index (κ3) is 3.62. The maximum Gasteiger partial charge on any atom is 0.0343 e. The fraction of sp³-hybridized carbons (Fsp3) is 0.667. The molecule has 2 rings (SSSR count). The van der Waals surface area contributed by atoms with Gasteiger partial charge >= 0.3 is 0 Å². The molecule has 2 N–H and O–H groups in total. The van der Waals surface area contributed by atoms with Gasteiger partial charge in [0.15, 0.2) is 0 Å². The van der Waals surface area contributed by atoms with Gasteiger partial charge in [0.25, 0.3) is 0 Å². The summed E-state index contributed by atoms with van der Waals surface area (Å²) in [5.74, 6) is 0.604. The normalized spacial score (nSPS) is 20.1. The zero-order valence-corrected chi connectivity index (χ0v) is 13.4. The Kier molecular flexibility index (Phi) is 5.22. The van der Waals surface area contributed by atoms with Gasteiger partial charge in [0.05, 0.1) is 0 Å². The van der Waals surface area contributed by atoms with Crippen molar-refractivity contribution in [2.45, 2.75) is 57.9 Å². The number of hydrogen-bond acceptors (Lipinski definition) is 2. The van der Waals surface area contributed by atoms with Gasteiger partial charge in [-0.3, -0.25) is 4.90 Å². The lowest BCUT2D eigenvalue weighted by molar-refractivity contribution is 0.0870. The van der Waals surface area contributed by atoms with E-state index in [1.54, 1.807) is 0 Å². The molecule has 1 heterocycles. The van der Waals surface area contributed by atoms with Crippen LogP contribution in [-0.2, 0) is 6.42 Å². The van der Waals surface area contributed by atoms with Crippen molar-refractivity contribution in [3.63, 3.8) is 0 Å². The number of likely N-dealkylation sites (tertiary alicyclic amines) is 1. The lowest BCUT2D eigenvalue weighted by atomic mass is 9.88. The Hall–Kier alpha value is -0.860. The van der Waals surface area contributed by atoms with Gasteiger partial charge in [-0.15, -0.1) is 0 Å². The SMILES string of the molecule is CC(C)c1ccc(CC(C)(CN)N2CCCCC2)cc1. The zero-order valence-electron chi connectivity index (χ0n) is 13.4. The zero-order chi connectivity index (χ0) is 14.6. The van der Waals surface area contributed by atoms with E-state index < -0.39 is 0 Å². The standard InChI is InChI=1S/C18H30N2/c1-15(2)17-9-7-16(8-10-17)13-18(3,14-19)20-11-5-4-6-12-20/h7-10,15H,4-6,11-14,19H2,1-3H3. The molecule has 1 aromatic carbocycles. The largest absolute Gasteiger partial charge is 0.329 e. The third-order valence-electron chi connectivity index (χ3n) is 4.79. The Morgan fingerprint density at radius 2 is 1.70 bits per heavy atom. The minimum Gasteiger partial charge on any atom is -0.329 e. The summed E-state index contributed by atoms with van der Waals surface area (Å²) < 4.78 is 0. The van der Waals surface area contributed by atoms with Crippen molar-refractivity contribution < 1.29 is 0 Å². The molecule has 2 nitrogen and oxygen atoms in total. The molecule has 0 saturated carbocycles.